The SMILES string of the molecule is O=C1c2ccccc2C(=O)N1Cc1ccc(C(=O)N2CCCC2CN2CCCC2)cc1. The molecule has 3 aliphatic rings. The maximum atomic E-state index is 13.1. The van der Waals surface area contributed by atoms with Gasteiger partial charge in [0, 0.05) is 24.7 Å². The number of imide groups is 1. The number of nitrogens with zero attached hydrogens (tertiary/aromatic N) is 3. The van der Waals surface area contributed by atoms with Gasteiger partial charge in [0.15, 0.2) is 0 Å². The van der Waals surface area contributed by atoms with E-state index in [1.807, 2.05) is 29.2 Å². The van der Waals surface area contributed by atoms with Crippen LogP contribution in [0.3, 0.4) is 0 Å². The third-order valence-electron chi connectivity index (χ3n) is 6.73. The fourth-order valence-electron chi connectivity index (χ4n) is 5.04. The van der Waals surface area contributed by atoms with E-state index in [-0.39, 0.29) is 24.3 Å². The third-order valence-corrected chi connectivity index (χ3v) is 6.73. The smallest absolute Gasteiger partial charge is 0.261 e. The van der Waals surface area contributed by atoms with Crippen molar-refractivity contribution in [3.63, 3.8) is 0 Å². The molecule has 0 bridgehead atoms. The van der Waals surface area contributed by atoms with Crippen molar-refractivity contribution in [1.82, 2.24) is 14.7 Å². The Labute approximate surface area is 182 Å². The van der Waals surface area contributed by atoms with Gasteiger partial charge in [-0.05, 0) is 68.6 Å². The first-order valence-corrected chi connectivity index (χ1v) is 11.2. The summed E-state index contributed by atoms with van der Waals surface area (Å²) in [6, 6.07) is 14.5. The van der Waals surface area contributed by atoms with Crippen molar-refractivity contribution in [2.24, 2.45) is 0 Å². The Kier molecular flexibility index (Phi) is 5.32. The summed E-state index contributed by atoms with van der Waals surface area (Å²) < 4.78 is 0. The van der Waals surface area contributed by atoms with Crippen LogP contribution in [0.4, 0.5) is 0 Å². The summed E-state index contributed by atoms with van der Waals surface area (Å²) in [4.78, 5) is 44.1. The molecule has 6 heteroatoms. The lowest BCUT2D eigenvalue weighted by Gasteiger charge is -2.28. The van der Waals surface area contributed by atoms with Crippen LogP contribution in [-0.4, -0.2) is 64.6 Å². The summed E-state index contributed by atoms with van der Waals surface area (Å²) >= 11 is 0. The largest absolute Gasteiger partial charge is 0.334 e. The molecule has 1 atom stereocenters. The fourth-order valence-corrected chi connectivity index (χ4v) is 5.04. The van der Waals surface area contributed by atoms with Crippen molar-refractivity contribution in [2.75, 3.05) is 26.2 Å². The summed E-state index contributed by atoms with van der Waals surface area (Å²) in [5.41, 5.74) is 2.41. The van der Waals surface area contributed by atoms with Crippen molar-refractivity contribution in [3.8, 4) is 0 Å². The maximum Gasteiger partial charge on any atom is 0.261 e. The average molecular weight is 418 g/mol. The number of likely N-dealkylation sites (tertiary alicyclic amines) is 2. The summed E-state index contributed by atoms with van der Waals surface area (Å²) in [5.74, 6) is -0.445. The molecule has 0 N–H and O–H groups in total. The molecule has 2 saturated heterocycles. The topological polar surface area (TPSA) is 60.9 Å². The number of hydrogen-bond donors (Lipinski definition) is 0. The number of amides is 3. The molecule has 160 valence electrons. The van der Waals surface area contributed by atoms with Gasteiger partial charge in [0.2, 0.25) is 0 Å². The molecular formula is C25H27N3O3. The van der Waals surface area contributed by atoms with Crippen molar-refractivity contribution in [3.05, 3.63) is 70.8 Å². The first-order chi connectivity index (χ1) is 15.1. The molecule has 5 rings (SSSR count). The Hall–Kier alpha value is -2.99. The van der Waals surface area contributed by atoms with E-state index in [2.05, 4.69) is 4.90 Å². The van der Waals surface area contributed by atoms with Gasteiger partial charge in [0.05, 0.1) is 17.7 Å². The summed E-state index contributed by atoms with van der Waals surface area (Å²) in [6.07, 6.45) is 4.65. The van der Waals surface area contributed by atoms with E-state index >= 15 is 0 Å². The quantitative estimate of drug-likeness (QED) is 0.701. The standard InChI is InChI=1S/C25H27N3O3/c29-23(27-15-5-6-20(27)17-26-13-3-4-14-26)19-11-9-18(10-12-19)16-28-24(30)21-7-1-2-8-22(21)25(28)31/h1-2,7-12,20H,3-6,13-17H2. The van der Waals surface area contributed by atoms with Crippen LogP contribution in [0.2, 0.25) is 0 Å². The average Bonchev–Trinajstić information content (AvgIpc) is 3.53. The van der Waals surface area contributed by atoms with Crippen molar-refractivity contribution < 1.29 is 14.4 Å². The van der Waals surface area contributed by atoms with Gasteiger partial charge >= 0.3 is 0 Å². The lowest BCUT2D eigenvalue weighted by Crippen LogP contribution is -2.42. The second kappa shape index (κ2) is 8.27. The van der Waals surface area contributed by atoms with E-state index in [0.717, 1.165) is 44.6 Å². The summed E-state index contributed by atoms with van der Waals surface area (Å²) in [5, 5.41) is 0. The number of carbonyl (C=O) groups is 3. The van der Waals surface area contributed by atoms with Gasteiger partial charge in [-0.3, -0.25) is 19.3 Å². The third kappa shape index (κ3) is 3.76. The molecule has 0 saturated carbocycles. The zero-order chi connectivity index (χ0) is 21.4. The van der Waals surface area contributed by atoms with Gasteiger partial charge in [0.25, 0.3) is 17.7 Å². The minimum Gasteiger partial charge on any atom is -0.334 e. The van der Waals surface area contributed by atoms with Crippen molar-refractivity contribution in [2.45, 2.75) is 38.3 Å². The molecule has 1 unspecified atom stereocenters. The molecule has 2 aromatic carbocycles. The van der Waals surface area contributed by atoms with E-state index in [4.69, 9.17) is 0 Å². The Morgan fingerprint density at radius 3 is 2.13 bits per heavy atom. The van der Waals surface area contributed by atoms with E-state index in [0.29, 0.717) is 22.7 Å². The first kappa shape index (κ1) is 19.9. The second-order valence-electron chi connectivity index (χ2n) is 8.74. The molecule has 31 heavy (non-hydrogen) atoms. The highest BCUT2D eigenvalue weighted by Gasteiger charge is 2.35. The predicted molar refractivity (Wildman–Crippen MR) is 117 cm³/mol. The number of benzene rings is 2. The number of hydrogen-bond acceptors (Lipinski definition) is 4. The highest BCUT2D eigenvalue weighted by atomic mass is 16.2. The molecule has 0 aromatic heterocycles. The van der Waals surface area contributed by atoms with Crippen molar-refractivity contribution >= 4 is 17.7 Å². The molecule has 2 fully saturated rings. The first-order valence-electron chi connectivity index (χ1n) is 11.2. The number of fused-ring (bicyclic) bond motifs is 1. The maximum absolute atomic E-state index is 13.1. The van der Waals surface area contributed by atoms with Gasteiger partial charge in [-0.1, -0.05) is 24.3 Å². The Morgan fingerprint density at radius 1 is 0.839 bits per heavy atom. The van der Waals surface area contributed by atoms with Gasteiger partial charge in [-0.15, -0.1) is 0 Å². The molecule has 3 heterocycles. The van der Waals surface area contributed by atoms with E-state index in [1.165, 1.54) is 17.7 Å². The molecular weight excluding hydrogens is 390 g/mol. The number of carbonyl (C=O) groups excluding carboxylic acids is 3. The van der Waals surface area contributed by atoms with Crippen LogP contribution in [0.25, 0.3) is 0 Å². The van der Waals surface area contributed by atoms with Gasteiger partial charge in [0.1, 0.15) is 0 Å². The Bertz CT molecular complexity index is 976. The minimum absolute atomic E-state index is 0.0778. The van der Waals surface area contributed by atoms with Gasteiger partial charge in [-0.25, -0.2) is 0 Å². The lowest BCUT2D eigenvalue weighted by molar-refractivity contribution is 0.0639. The highest BCUT2D eigenvalue weighted by Crippen LogP contribution is 2.25. The van der Waals surface area contributed by atoms with E-state index in [9.17, 15) is 14.4 Å². The predicted octanol–water partition coefficient (Wildman–Crippen LogP) is 3.18. The molecule has 0 aliphatic carbocycles. The van der Waals surface area contributed by atoms with Crippen LogP contribution < -0.4 is 0 Å². The minimum atomic E-state index is -0.262. The molecule has 2 aromatic rings. The van der Waals surface area contributed by atoms with Crippen LogP contribution >= 0.6 is 0 Å². The zero-order valence-corrected chi connectivity index (χ0v) is 17.6. The van der Waals surface area contributed by atoms with Crippen LogP contribution in [0.15, 0.2) is 48.5 Å². The second-order valence-corrected chi connectivity index (χ2v) is 8.74. The van der Waals surface area contributed by atoms with Crippen LogP contribution in [0.1, 0.15) is 62.3 Å². The van der Waals surface area contributed by atoms with E-state index in [1.54, 1.807) is 24.3 Å². The summed E-state index contributed by atoms with van der Waals surface area (Å²) in [7, 11) is 0. The monoisotopic (exact) mass is 417 g/mol. The van der Waals surface area contributed by atoms with E-state index < -0.39 is 0 Å². The lowest BCUT2D eigenvalue weighted by atomic mass is 10.1. The molecule has 0 radical (unpaired) electrons. The Balaban J connectivity index is 1.25. The van der Waals surface area contributed by atoms with Crippen LogP contribution in [-0.2, 0) is 6.54 Å². The normalized spacial score (nSPS) is 21.2. The Morgan fingerprint density at radius 2 is 1.48 bits per heavy atom. The molecule has 0 spiro atoms. The van der Waals surface area contributed by atoms with Gasteiger partial charge < -0.3 is 9.80 Å². The fraction of sp³-hybridized carbons (Fsp3) is 0.400. The van der Waals surface area contributed by atoms with Crippen molar-refractivity contribution in [1.29, 1.82) is 0 Å². The van der Waals surface area contributed by atoms with Crippen LogP contribution in [0, 0.1) is 0 Å². The highest BCUT2D eigenvalue weighted by molar-refractivity contribution is 6.21. The van der Waals surface area contributed by atoms with Crippen LogP contribution in [0.5, 0.6) is 0 Å². The van der Waals surface area contributed by atoms with Gasteiger partial charge in [-0.2, -0.15) is 0 Å². The zero-order valence-electron chi connectivity index (χ0n) is 17.6. The summed E-state index contributed by atoms with van der Waals surface area (Å²) in [6.45, 7) is 4.29. The molecule has 3 aliphatic heterocycles. The molecule has 6 nitrogen and oxygen atoms in total. The number of rotatable bonds is 5. The molecule has 3 amide bonds.